The van der Waals surface area contributed by atoms with E-state index in [-0.39, 0.29) is 42.3 Å². The summed E-state index contributed by atoms with van der Waals surface area (Å²) in [5, 5.41) is 0. The second kappa shape index (κ2) is 6.03. The van der Waals surface area contributed by atoms with E-state index in [0.717, 1.165) is 5.92 Å². The van der Waals surface area contributed by atoms with Gasteiger partial charge in [-0.3, -0.25) is 0 Å². The van der Waals surface area contributed by atoms with E-state index in [4.69, 9.17) is 0 Å². The molecule has 0 spiro atoms. The van der Waals surface area contributed by atoms with Crippen LogP contribution in [0.1, 0.15) is 6.92 Å². The minimum Gasteiger partial charge on any atom is -1.00 e. The summed E-state index contributed by atoms with van der Waals surface area (Å²) in [6.07, 6.45) is 4.73. The molecule has 10 heavy (non-hydrogen) atoms. The van der Waals surface area contributed by atoms with Crippen molar-refractivity contribution in [3.05, 3.63) is 35.7 Å². The first-order chi connectivity index (χ1) is 3.79. The Morgan fingerprint density at radius 3 is 2.30 bits per heavy atom. The first-order valence-electron chi connectivity index (χ1n) is 2.43. The summed E-state index contributed by atoms with van der Waals surface area (Å²) in [5.74, 6) is 0.738. The van der Waals surface area contributed by atoms with Gasteiger partial charge >= 0.3 is 0 Å². The number of hydrogen-bond acceptors (Lipinski definition) is 0. The Hall–Kier alpha value is 0.293. The Morgan fingerprint density at radius 1 is 1.40 bits per heavy atom. The van der Waals surface area contributed by atoms with Gasteiger partial charge in [-0.25, -0.2) is 0 Å². The zero-order valence-electron chi connectivity index (χ0n) is 5.70. The number of rotatable bonds is 0. The van der Waals surface area contributed by atoms with Gasteiger partial charge in [0.25, 0.3) is 0 Å². The molecule has 0 bridgehead atoms. The largest absolute Gasteiger partial charge is 1.00 e. The van der Waals surface area contributed by atoms with Crippen LogP contribution >= 0.6 is 0 Å². The van der Waals surface area contributed by atoms with E-state index >= 15 is 0 Å². The van der Waals surface area contributed by atoms with Crippen LogP contribution in [0.4, 0.5) is 4.39 Å². The standard InChI is InChI=1S/C7H6F.BrH.Zn/c1-6-2-4-7(8)5-3-6;;/h2-4H,1H3;1H;/p-1. The quantitative estimate of drug-likeness (QED) is 0.391. The molecule has 0 atom stereocenters. The molecular formula is C7H6BrFZn-. The van der Waals surface area contributed by atoms with Crippen LogP contribution < -0.4 is 17.0 Å². The minimum atomic E-state index is -0.296. The van der Waals surface area contributed by atoms with Crippen LogP contribution in [-0.4, -0.2) is 0 Å². The normalized spacial score (nSPS) is 15.2. The Bertz CT molecular complexity index is 180. The Labute approximate surface area is 83.4 Å². The fourth-order valence-corrected chi connectivity index (χ4v) is 0.484. The van der Waals surface area contributed by atoms with Crippen LogP contribution in [0.5, 0.6) is 0 Å². The van der Waals surface area contributed by atoms with Gasteiger partial charge in [-0.15, -0.1) is 0 Å². The first-order valence-corrected chi connectivity index (χ1v) is 2.43. The van der Waals surface area contributed by atoms with Crippen molar-refractivity contribution in [1.82, 2.24) is 0 Å². The smallest absolute Gasteiger partial charge is 0.164 e. The summed E-state index contributed by atoms with van der Waals surface area (Å²) in [6, 6.07) is 0. The summed E-state index contributed by atoms with van der Waals surface area (Å²) >= 11 is 0. The van der Waals surface area contributed by atoms with Gasteiger partial charge in [0.05, 0.1) is 0 Å². The molecule has 0 nitrogen and oxygen atoms in total. The maximum atomic E-state index is 12.0. The van der Waals surface area contributed by atoms with Crippen molar-refractivity contribution in [2.24, 2.45) is 0 Å². The monoisotopic (exact) mass is 252 g/mol. The van der Waals surface area contributed by atoms with E-state index in [1.54, 1.807) is 12.2 Å². The van der Waals surface area contributed by atoms with Gasteiger partial charge in [0.15, 0.2) is 5.83 Å². The summed E-state index contributed by atoms with van der Waals surface area (Å²) in [4.78, 5) is 0. The Morgan fingerprint density at radius 2 is 2.00 bits per heavy atom. The zero-order chi connectivity index (χ0) is 5.98. The van der Waals surface area contributed by atoms with Crippen molar-refractivity contribution in [1.29, 1.82) is 0 Å². The van der Waals surface area contributed by atoms with Crippen molar-refractivity contribution in [3.63, 3.8) is 0 Å². The third-order valence-corrected chi connectivity index (χ3v) is 0.930. The fourth-order valence-electron chi connectivity index (χ4n) is 0.484. The number of halogens is 2. The molecule has 1 radical (unpaired) electrons. The molecule has 1 aliphatic rings. The topological polar surface area (TPSA) is 0 Å². The Balaban J connectivity index is 0. The molecule has 0 amide bonds. The number of hydrogen-bond donors (Lipinski definition) is 0. The molecule has 0 fully saturated rings. The predicted molar refractivity (Wildman–Crippen MR) is 30.8 cm³/mol. The molecule has 0 heterocycles. The van der Waals surface area contributed by atoms with Crippen molar-refractivity contribution in [2.45, 2.75) is 6.92 Å². The van der Waals surface area contributed by atoms with E-state index < -0.39 is 0 Å². The minimum absolute atomic E-state index is 0. The summed E-state index contributed by atoms with van der Waals surface area (Å²) in [6.45, 7) is 1.90. The third kappa shape index (κ3) is 4.16. The third-order valence-electron chi connectivity index (χ3n) is 0.930. The molecule has 1 rings (SSSR count). The molecule has 0 unspecified atom stereocenters. The second-order valence-corrected chi connectivity index (χ2v) is 1.71. The van der Waals surface area contributed by atoms with Crippen molar-refractivity contribution in [3.8, 4) is 0 Å². The van der Waals surface area contributed by atoms with E-state index in [1.165, 1.54) is 6.08 Å². The maximum Gasteiger partial charge on any atom is 0.164 e. The van der Waals surface area contributed by atoms with E-state index in [1.807, 2.05) is 6.92 Å². The van der Waals surface area contributed by atoms with Crippen molar-refractivity contribution in [2.75, 3.05) is 0 Å². The van der Waals surface area contributed by atoms with Gasteiger partial charge < -0.3 is 17.0 Å². The van der Waals surface area contributed by atoms with Gasteiger partial charge in [-0.1, -0.05) is 18.7 Å². The zero-order valence-corrected chi connectivity index (χ0v) is 10.2. The molecule has 0 saturated heterocycles. The summed E-state index contributed by atoms with van der Waals surface area (Å²) in [7, 11) is 0. The van der Waals surface area contributed by atoms with Crippen molar-refractivity contribution < 1.29 is 40.8 Å². The van der Waals surface area contributed by atoms with Gasteiger partial charge in [0.1, 0.15) is 0 Å². The van der Waals surface area contributed by atoms with E-state index in [0.29, 0.717) is 0 Å². The van der Waals surface area contributed by atoms with Crippen LogP contribution in [0, 0.1) is 5.92 Å². The average molecular weight is 254 g/mol. The molecule has 0 aliphatic heterocycles. The molecule has 0 aromatic carbocycles. The molecule has 51 valence electrons. The molecule has 3 heteroatoms. The first kappa shape index (κ1) is 12.9. The SMILES string of the molecule is C[C]1C=C=C(F)C=C1.[Br-].[Zn]. The second-order valence-electron chi connectivity index (χ2n) is 1.71. The van der Waals surface area contributed by atoms with E-state index in [2.05, 4.69) is 5.73 Å². The maximum absolute atomic E-state index is 12.0. The van der Waals surface area contributed by atoms with Crippen LogP contribution in [0.15, 0.2) is 29.8 Å². The fraction of sp³-hybridized carbons (Fsp3) is 0.143. The molecule has 0 aromatic rings. The van der Waals surface area contributed by atoms with Gasteiger partial charge in [-0.2, -0.15) is 4.39 Å². The van der Waals surface area contributed by atoms with Crippen molar-refractivity contribution >= 4 is 0 Å². The summed E-state index contributed by atoms with van der Waals surface area (Å²) < 4.78 is 12.0. The molecule has 0 N–H and O–H groups in total. The summed E-state index contributed by atoms with van der Waals surface area (Å²) in [5.41, 5.74) is 2.43. The Kier molecular flexibility index (Phi) is 7.80. The van der Waals surface area contributed by atoms with Crippen LogP contribution in [0.2, 0.25) is 0 Å². The van der Waals surface area contributed by atoms with Gasteiger partial charge in [-0.05, 0) is 12.2 Å². The van der Waals surface area contributed by atoms with Crippen LogP contribution in [-0.2, 0) is 19.5 Å². The molecule has 0 aromatic heterocycles. The van der Waals surface area contributed by atoms with Crippen LogP contribution in [0.25, 0.3) is 0 Å². The molecule has 1 aliphatic carbocycles. The van der Waals surface area contributed by atoms with Crippen LogP contribution in [0.3, 0.4) is 0 Å². The van der Waals surface area contributed by atoms with Gasteiger partial charge in [0, 0.05) is 25.4 Å². The average Bonchev–Trinajstić information content (AvgIpc) is 1.77. The number of allylic oxidation sites excluding steroid dienone is 3. The predicted octanol–water partition coefficient (Wildman–Crippen LogP) is -0.839. The van der Waals surface area contributed by atoms with Gasteiger partial charge in [0.2, 0.25) is 0 Å². The molecular weight excluding hydrogens is 248 g/mol. The molecule has 0 saturated carbocycles. The van der Waals surface area contributed by atoms with E-state index in [9.17, 15) is 4.39 Å².